The Labute approximate surface area is 138 Å². The monoisotopic (exact) mass is 314 g/mol. The summed E-state index contributed by atoms with van der Waals surface area (Å²) < 4.78 is 0. The fraction of sp³-hybridized carbons (Fsp3) is 0.556. The number of carbonyl (C=O) groups excluding carboxylic acids is 1. The van der Waals surface area contributed by atoms with Crippen molar-refractivity contribution in [3.8, 4) is 0 Å². The Kier molecular flexibility index (Phi) is 5.16. The van der Waals surface area contributed by atoms with E-state index in [0.717, 1.165) is 38.2 Å². The Bertz CT molecular complexity index is 578. The second kappa shape index (κ2) is 7.49. The molecule has 1 fully saturated rings. The summed E-state index contributed by atoms with van der Waals surface area (Å²) in [5.41, 5.74) is 8.38. The number of rotatable bonds is 4. The van der Waals surface area contributed by atoms with Crippen molar-refractivity contribution in [1.29, 1.82) is 0 Å². The number of nitrogens with zero attached hydrogens (tertiary/aromatic N) is 3. The Morgan fingerprint density at radius 1 is 1.13 bits per heavy atom. The molecule has 2 N–H and O–H groups in total. The summed E-state index contributed by atoms with van der Waals surface area (Å²) in [5, 5.41) is 0. The molecule has 0 radical (unpaired) electrons. The fourth-order valence-corrected chi connectivity index (χ4v) is 3.38. The maximum Gasteiger partial charge on any atom is 0.227 e. The molecule has 124 valence electrons. The van der Waals surface area contributed by atoms with Crippen LogP contribution < -0.4 is 10.6 Å². The predicted octanol–water partition coefficient (Wildman–Crippen LogP) is 2.16. The topological polar surface area (TPSA) is 61.9 Å². The lowest BCUT2D eigenvalue weighted by Gasteiger charge is -2.27. The molecule has 1 aromatic carbocycles. The van der Waals surface area contributed by atoms with Gasteiger partial charge in [-0.3, -0.25) is 9.79 Å². The van der Waals surface area contributed by atoms with Crippen molar-refractivity contribution in [3.05, 3.63) is 29.8 Å². The lowest BCUT2D eigenvalue weighted by molar-refractivity contribution is -0.118. The molecule has 1 aromatic rings. The highest BCUT2D eigenvalue weighted by molar-refractivity contribution is 5.95. The number of nitrogens with two attached hydrogens (primary N) is 1. The van der Waals surface area contributed by atoms with Crippen LogP contribution in [0, 0.1) is 0 Å². The van der Waals surface area contributed by atoms with Gasteiger partial charge in [0.25, 0.3) is 0 Å². The number of fused-ring (bicyclic) bond motifs is 1. The number of amides is 1. The van der Waals surface area contributed by atoms with Crippen molar-refractivity contribution in [3.63, 3.8) is 0 Å². The molecule has 0 aliphatic carbocycles. The molecule has 0 atom stereocenters. The third-order valence-corrected chi connectivity index (χ3v) is 4.69. The number of likely N-dealkylation sites (tertiary alicyclic amines) is 1. The van der Waals surface area contributed by atoms with Crippen LogP contribution in [0.1, 0.15) is 37.7 Å². The van der Waals surface area contributed by atoms with Crippen molar-refractivity contribution < 1.29 is 4.79 Å². The largest absolute Gasteiger partial charge is 0.370 e. The Balaban J connectivity index is 1.45. The number of guanidine groups is 1. The van der Waals surface area contributed by atoms with E-state index in [-0.39, 0.29) is 5.91 Å². The molecule has 0 aromatic heterocycles. The van der Waals surface area contributed by atoms with E-state index in [9.17, 15) is 4.79 Å². The summed E-state index contributed by atoms with van der Waals surface area (Å²) in [6.07, 6.45) is 5.93. The third-order valence-electron chi connectivity index (χ3n) is 4.69. The lowest BCUT2D eigenvalue weighted by atomic mass is 10.1. The van der Waals surface area contributed by atoms with Crippen LogP contribution in [0.5, 0.6) is 0 Å². The van der Waals surface area contributed by atoms with E-state index in [2.05, 4.69) is 16.0 Å². The van der Waals surface area contributed by atoms with E-state index in [1.807, 2.05) is 23.1 Å². The van der Waals surface area contributed by atoms with Crippen LogP contribution in [0.25, 0.3) is 0 Å². The summed E-state index contributed by atoms with van der Waals surface area (Å²) >= 11 is 0. The number of hydrogen-bond donors (Lipinski definition) is 1. The second-order valence-electron chi connectivity index (χ2n) is 6.32. The van der Waals surface area contributed by atoms with Gasteiger partial charge in [-0.1, -0.05) is 18.2 Å². The molecular formula is C18H26N4O. The molecule has 5 nitrogen and oxygen atoms in total. The van der Waals surface area contributed by atoms with Crippen LogP contribution in [-0.4, -0.2) is 42.9 Å². The maximum atomic E-state index is 12.4. The third kappa shape index (κ3) is 3.84. The van der Waals surface area contributed by atoms with Crippen LogP contribution in [0.15, 0.2) is 29.3 Å². The first-order chi connectivity index (χ1) is 11.3. The van der Waals surface area contributed by atoms with Gasteiger partial charge in [0, 0.05) is 38.3 Å². The Morgan fingerprint density at radius 2 is 1.91 bits per heavy atom. The SMILES string of the molecule is NC(=NCCCC(=O)N1CCc2ccccc21)N1CCCCC1. The van der Waals surface area contributed by atoms with Crippen LogP contribution in [0.2, 0.25) is 0 Å². The molecule has 5 heteroatoms. The summed E-state index contributed by atoms with van der Waals surface area (Å²) in [6, 6.07) is 8.16. The molecule has 2 aliphatic rings. The minimum Gasteiger partial charge on any atom is -0.370 e. The van der Waals surface area contributed by atoms with Gasteiger partial charge < -0.3 is 15.5 Å². The average Bonchev–Trinajstić information content (AvgIpc) is 3.03. The standard InChI is InChI=1S/C18H26N4O/c19-18(21-12-4-1-5-13-21)20-11-6-9-17(23)22-14-10-15-7-2-3-8-16(15)22/h2-3,7-8H,1,4-6,9-14H2,(H2,19,20). The highest BCUT2D eigenvalue weighted by Crippen LogP contribution is 2.28. The van der Waals surface area contributed by atoms with Crippen LogP contribution in [0.4, 0.5) is 5.69 Å². The molecule has 2 aliphatic heterocycles. The van der Waals surface area contributed by atoms with Gasteiger partial charge >= 0.3 is 0 Å². The normalized spacial score (nSPS) is 18.2. The molecule has 1 saturated heterocycles. The van der Waals surface area contributed by atoms with Gasteiger partial charge in [-0.15, -0.1) is 0 Å². The van der Waals surface area contributed by atoms with E-state index >= 15 is 0 Å². The van der Waals surface area contributed by atoms with Gasteiger partial charge in [0.2, 0.25) is 5.91 Å². The van der Waals surface area contributed by atoms with Crippen molar-refractivity contribution in [2.75, 3.05) is 31.1 Å². The highest BCUT2D eigenvalue weighted by atomic mass is 16.2. The molecule has 0 bridgehead atoms. The van der Waals surface area contributed by atoms with Crippen molar-refractivity contribution in [2.24, 2.45) is 10.7 Å². The minimum absolute atomic E-state index is 0.196. The maximum absolute atomic E-state index is 12.4. The van der Waals surface area contributed by atoms with E-state index in [4.69, 9.17) is 5.73 Å². The summed E-state index contributed by atoms with van der Waals surface area (Å²) in [4.78, 5) is 20.9. The highest BCUT2D eigenvalue weighted by Gasteiger charge is 2.23. The second-order valence-corrected chi connectivity index (χ2v) is 6.32. The van der Waals surface area contributed by atoms with Gasteiger partial charge in [0.05, 0.1) is 0 Å². The van der Waals surface area contributed by atoms with Crippen LogP contribution in [-0.2, 0) is 11.2 Å². The number of carbonyl (C=O) groups is 1. The number of benzene rings is 1. The average molecular weight is 314 g/mol. The number of para-hydroxylation sites is 1. The molecule has 23 heavy (non-hydrogen) atoms. The molecular weight excluding hydrogens is 288 g/mol. The Morgan fingerprint density at radius 3 is 2.74 bits per heavy atom. The van der Waals surface area contributed by atoms with Crippen LogP contribution in [0.3, 0.4) is 0 Å². The first-order valence-corrected chi connectivity index (χ1v) is 8.69. The zero-order valence-electron chi connectivity index (χ0n) is 13.7. The molecule has 0 unspecified atom stereocenters. The lowest BCUT2D eigenvalue weighted by Crippen LogP contribution is -2.41. The molecule has 1 amide bonds. The summed E-state index contributed by atoms with van der Waals surface area (Å²) in [6.45, 7) is 3.46. The van der Waals surface area contributed by atoms with E-state index < -0.39 is 0 Å². The summed E-state index contributed by atoms with van der Waals surface area (Å²) in [5.74, 6) is 0.838. The zero-order valence-corrected chi connectivity index (χ0v) is 13.7. The molecule has 3 rings (SSSR count). The quantitative estimate of drug-likeness (QED) is 0.526. The van der Waals surface area contributed by atoms with Gasteiger partial charge in [0.15, 0.2) is 5.96 Å². The van der Waals surface area contributed by atoms with E-state index in [0.29, 0.717) is 18.9 Å². The van der Waals surface area contributed by atoms with Crippen molar-refractivity contribution in [1.82, 2.24) is 4.90 Å². The first kappa shape index (κ1) is 15.8. The zero-order chi connectivity index (χ0) is 16.1. The number of aliphatic imine (C=N–C) groups is 1. The van der Waals surface area contributed by atoms with Gasteiger partial charge in [0.1, 0.15) is 0 Å². The van der Waals surface area contributed by atoms with Gasteiger partial charge in [-0.2, -0.15) is 0 Å². The number of anilines is 1. The molecule has 2 heterocycles. The summed E-state index contributed by atoms with van der Waals surface area (Å²) in [7, 11) is 0. The molecule has 0 spiro atoms. The van der Waals surface area contributed by atoms with E-state index in [1.165, 1.54) is 24.8 Å². The van der Waals surface area contributed by atoms with Crippen molar-refractivity contribution >= 4 is 17.6 Å². The van der Waals surface area contributed by atoms with Gasteiger partial charge in [-0.05, 0) is 43.7 Å². The Hall–Kier alpha value is -2.04. The van der Waals surface area contributed by atoms with Crippen molar-refractivity contribution in [2.45, 2.75) is 38.5 Å². The van der Waals surface area contributed by atoms with Crippen LogP contribution >= 0.6 is 0 Å². The van der Waals surface area contributed by atoms with Gasteiger partial charge in [-0.25, -0.2) is 0 Å². The smallest absolute Gasteiger partial charge is 0.227 e. The minimum atomic E-state index is 0.196. The van der Waals surface area contributed by atoms with E-state index in [1.54, 1.807) is 0 Å². The number of piperidine rings is 1. The molecule has 0 saturated carbocycles. The first-order valence-electron chi connectivity index (χ1n) is 8.69. The predicted molar refractivity (Wildman–Crippen MR) is 93.6 cm³/mol. The number of hydrogen-bond acceptors (Lipinski definition) is 2. The fourth-order valence-electron chi connectivity index (χ4n) is 3.38.